The first-order valence-corrected chi connectivity index (χ1v) is 3.63. The number of hydrogen-bond acceptors (Lipinski definition) is 4. The van der Waals surface area contributed by atoms with Gasteiger partial charge in [0.15, 0.2) is 11.5 Å². The van der Waals surface area contributed by atoms with Crippen molar-refractivity contribution in [3.05, 3.63) is 23.8 Å². The summed E-state index contributed by atoms with van der Waals surface area (Å²) in [6.45, 7) is 0.233. The van der Waals surface area contributed by atoms with Gasteiger partial charge in [-0.2, -0.15) is 0 Å². The quantitative estimate of drug-likeness (QED) is 0.470. The lowest BCUT2D eigenvalue weighted by Crippen LogP contribution is -2.20. The highest BCUT2D eigenvalue weighted by Gasteiger charge is 2.11. The first-order chi connectivity index (χ1) is 5.66. The van der Waals surface area contributed by atoms with Crippen molar-refractivity contribution in [1.29, 1.82) is 0 Å². The Balaban J connectivity index is 3.07. The highest BCUT2D eigenvalue weighted by Crippen LogP contribution is 2.30. The van der Waals surface area contributed by atoms with E-state index in [0.717, 1.165) is 0 Å². The minimum Gasteiger partial charge on any atom is -0.504 e. The van der Waals surface area contributed by atoms with E-state index < -0.39 is 6.04 Å². The number of benzene rings is 1. The average molecular weight is 168 g/mol. The van der Waals surface area contributed by atoms with Crippen molar-refractivity contribution in [3.63, 3.8) is 0 Å². The number of phenols is 2. The second-order valence-corrected chi connectivity index (χ2v) is 2.56. The molecular formula is C8H12N2O2. The van der Waals surface area contributed by atoms with E-state index in [0.29, 0.717) is 5.56 Å². The van der Waals surface area contributed by atoms with E-state index in [-0.39, 0.29) is 18.0 Å². The maximum atomic E-state index is 9.31. The largest absolute Gasteiger partial charge is 0.504 e. The van der Waals surface area contributed by atoms with Gasteiger partial charge in [-0.25, -0.2) is 0 Å². The van der Waals surface area contributed by atoms with Gasteiger partial charge in [0.25, 0.3) is 0 Å². The Morgan fingerprint density at radius 1 is 1.33 bits per heavy atom. The van der Waals surface area contributed by atoms with Crippen LogP contribution >= 0.6 is 0 Å². The number of para-hydroxylation sites is 1. The molecule has 0 aromatic heterocycles. The van der Waals surface area contributed by atoms with Crippen LogP contribution in [0.3, 0.4) is 0 Å². The van der Waals surface area contributed by atoms with Crippen LogP contribution < -0.4 is 11.5 Å². The Morgan fingerprint density at radius 3 is 2.58 bits per heavy atom. The lowest BCUT2D eigenvalue weighted by atomic mass is 10.1. The summed E-state index contributed by atoms with van der Waals surface area (Å²) in [5.74, 6) is -0.355. The third kappa shape index (κ3) is 1.49. The van der Waals surface area contributed by atoms with E-state index in [2.05, 4.69) is 0 Å². The second kappa shape index (κ2) is 3.42. The van der Waals surface area contributed by atoms with E-state index in [1.165, 1.54) is 6.07 Å². The normalized spacial score (nSPS) is 12.8. The summed E-state index contributed by atoms with van der Waals surface area (Å²) >= 11 is 0. The number of rotatable bonds is 2. The zero-order valence-corrected chi connectivity index (χ0v) is 6.57. The summed E-state index contributed by atoms with van der Waals surface area (Å²) < 4.78 is 0. The number of hydrogen-bond donors (Lipinski definition) is 4. The van der Waals surface area contributed by atoms with Crippen LogP contribution in [0.15, 0.2) is 18.2 Å². The predicted molar refractivity (Wildman–Crippen MR) is 45.8 cm³/mol. The molecule has 4 heteroatoms. The molecule has 1 unspecified atom stereocenters. The molecule has 0 amide bonds. The zero-order valence-electron chi connectivity index (χ0n) is 6.57. The second-order valence-electron chi connectivity index (χ2n) is 2.56. The van der Waals surface area contributed by atoms with Gasteiger partial charge in [0.2, 0.25) is 0 Å². The predicted octanol–water partition coefficient (Wildman–Crippen LogP) is 0.0563. The van der Waals surface area contributed by atoms with Gasteiger partial charge in [-0.05, 0) is 6.07 Å². The molecule has 1 atom stereocenters. The highest BCUT2D eigenvalue weighted by molar-refractivity contribution is 5.45. The fraction of sp³-hybridized carbons (Fsp3) is 0.250. The smallest absolute Gasteiger partial charge is 0.162 e. The molecule has 0 aliphatic carbocycles. The van der Waals surface area contributed by atoms with Gasteiger partial charge in [-0.15, -0.1) is 0 Å². The monoisotopic (exact) mass is 168 g/mol. The molecule has 1 aromatic rings. The minimum atomic E-state index is -0.433. The Labute approximate surface area is 70.4 Å². The molecule has 6 N–H and O–H groups in total. The van der Waals surface area contributed by atoms with Gasteiger partial charge < -0.3 is 21.7 Å². The van der Waals surface area contributed by atoms with Gasteiger partial charge in [-0.3, -0.25) is 0 Å². The Kier molecular flexibility index (Phi) is 2.52. The molecule has 12 heavy (non-hydrogen) atoms. The summed E-state index contributed by atoms with van der Waals surface area (Å²) in [6.07, 6.45) is 0. The van der Waals surface area contributed by atoms with Gasteiger partial charge >= 0.3 is 0 Å². The van der Waals surface area contributed by atoms with Crippen molar-refractivity contribution >= 4 is 0 Å². The van der Waals surface area contributed by atoms with Crippen LogP contribution in [0.2, 0.25) is 0 Å². The number of aromatic hydroxyl groups is 2. The molecule has 0 fully saturated rings. The molecule has 0 saturated carbocycles. The minimum absolute atomic E-state index is 0.170. The van der Waals surface area contributed by atoms with Gasteiger partial charge in [0.05, 0.1) is 0 Å². The molecule has 0 saturated heterocycles. The third-order valence-electron chi connectivity index (χ3n) is 1.70. The van der Waals surface area contributed by atoms with E-state index in [1.54, 1.807) is 12.1 Å². The molecule has 0 aliphatic heterocycles. The van der Waals surface area contributed by atoms with Crippen molar-refractivity contribution < 1.29 is 10.2 Å². The molecule has 66 valence electrons. The van der Waals surface area contributed by atoms with Gasteiger partial charge in [0.1, 0.15) is 0 Å². The lowest BCUT2D eigenvalue weighted by molar-refractivity contribution is 0.396. The fourth-order valence-corrected chi connectivity index (χ4v) is 0.975. The Hall–Kier alpha value is -1.26. The fourth-order valence-electron chi connectivity index (χ4n) is 0.975. The highest BCUT2D eigenvalue weighted by atomic mass is 16.3. The topological polar surface area (TPSA) is 92.5 Å². The lowest BCUT2D eigenvalue weighted by Gasteiger charge is -2.11. The molecule has 0 spiro atoms. The van der Waals surface area contributed by atoms with Crippen LogP contribution in [-0.4, -0.2) is 16.8 Å². The van der Waals surface area contributed by atoms with Crippen LogP contribution in [-0.2, 0) is 0 Å². The summed E-state index contributed by atoms with van der Waals surface area (Å²) in [6, 6.07) is 4.20. The number of phenolic OH excluding ortho intramolecular Hbond substituents is 2. The summed E-state index contributed by atoms with van der Waals surface area (Å²) in [7, 11) is 0. The summed E-state index contributed by atoms with van der Waals surface area (Å²) in [5.41, 5.74) is 11.3. The molecule has 1 aromatic carbocycles. The van der Waals surface area contributed by atoms with Crippen LogP contribution in [0.25, 0.3) is 0 Å². The molecule has 0 radical (unpaired) electrons. The molecule has 4 nitrogen and oxygen atoms in total. The zero-order chi connectivity index (χ0) is 9.14. The summed E-state index contributed by atoms with van der Waals surface area (Å²) in [4.78, 5) is 0. The Bertz CT molecular complexity index is 276. The van der Waals surface area contributed by atoms with Crippen LogP contribution in [0.5, 0.6) is 11.5 Å². The SMILES string of the molecule is NCC(N)c1cccc(O)c1O. The van der Waals surface area contributed by atoms with Crippen LogP contribution in [0, 0.1) is 0 Å². The van der Waals surface area contributed by atoms with Crippen LogP contribution in [0.4, 0.5) is 0 Å². The first kappa shape index (κ1) is 8.83. The van der Waals surface area contributed by atoms with Crippen molar-refractivity contribution in [2.45, 2.75) is 6.04 Å². The van der Waals surface area contributed by atoms with E-state index in [4.69, 9.17) is 16.6 Å². The van der Waals surface area contributed by atoms with Crippen molar-refractivity contribution in [1.82, 2.24) is 0 Å². The Morgan fingerprint density at radius 2 is 2.00 bits per heavy atom. The maximum Gasteiger partial charge on any atom is 0.162 e. The maximum absolute atomic E-state index is 9.31. The standard InChI is InChI=1S/C8H12N2O2/c9-4-6(10)5-2-1-3-7(11)8(5)12/h1-3,6,11-12H,4,9-10H2. The molecular weight excluding hydrogens is 156 g/mol. The van der Waals surface area contributed by atoms with Crippen molar-refractivity contribution in [2.24, 2.45) is 11.5 Å². The van der Waals surface area contributed by atoms with E-state index >= 15 is 0 Å². The third-order valence-corrected chi connectivity index (χ3v) is 1.70. The molecule has 0 bridgehead atoms. The van der Waals surface area contributed by atoms with E-state index in [9.17, 15) is 5.11 Å². The molecule has 0 aliphatic rings. The van der Waals surface area contributed by atoms with Crippen molar-refractivity contribution in [2.75, 3.05) is 6.54 Å². The van der Waals surface area contributed by atoms with Crippen LogP contribution in [0.1, 0.15) is 11.6 Å². The average Bonchev–Trinajstić information content (AvgIpc) is 2.08. The molecule has 0 heterocycles. The first-order valence-electron chi connectivity index (χ1n) is 3.63. The van der Waals surface area contributed by atoms with Gasteiger partial charge in [0, 0.05) is 18.2 Å². The van der Waals surface area contributed by atoms with E-state index in [1.807, 2.05) is 0 Å². The summed E-state index contributed by atoms with van der Waals surface area (Å²) in [5, 5.41) is 18.4. The van der Waals surface area contributed by atoms with Gasteiger partial charge in [-0.1, -0.05) is 12.1 Å². The number of nitrogens with two attached hydrogens (primary N) is 2. The van der Waals surface area contributed by atoms with Crippen molar-refractivity contribution in [3.8, 4) is 11.5 Å². The molecule has 1 rings (SSSR count).